The third kappa shape index (κ3) is 4.61. The summed E-state index contributed by atoms with van der Waals surface area (Å²) in [7, 11) is -2.46. The van der Waals surface area contributed by atoms with E-state index in [9.17, 15) is 17.6 Å². The first-order valence-electron chi connectivity index (χ1n) is 7.52. The molecule has 0 bridgehead atoms. The molecule has 1 unspecified atom stereocenters. The molecule has 1 atom stereocenters. The highest BCUT2D eigenvalue weighted by atomic mass is 32.2. The summed E-state index contributed by atoms with van der Waals surface area (Å²) in [6.45, 7) is 3.06. The number of hydrogen-bond donors (Lipinski definition) is 1. The number of rotatable bonds is 6. The van der Waals surface area contributed by atoms with E-state index < -0.39 is 27.1 Å². The van der Waals surface area contributed by atoms with Crippen LogP contribution in [0.5, 0.6) is 0 Å². The molecule has 1 aromatic carbocycles. The normalized spacial score (nSPS) is 12.6. The molecule has 0 saturated heterocycles. The molecule has 0 aliphatic carbocycles. The number of nitrogens with zero attached hydrogens (tertiary/aromatic N) is 1. The summed E-state index contributed by atoms with van der Waals surface area (Å²) in [5.41, 5.74) is 1.54. The van der Waals surface area contributed by atoms with Crippen LogP contribution < -0.4 is 4.72 Å². The molecule has 1 heterocycles. The fourth-order valence-electron chi connectivity index (χ4n) is 2.11. The molecule has 0 aliphatic rings. The summed E-state index contributed by atoms with van der Waals surface area (Å²) in [6.07, 6.45) is 1.31. The molecule has 0 spiro atoms. The predicted octanol–water partition coefficient (Wildman–Crippen LogP) is 2.50. The van der Waals surface area contributed by atoms with Gasteiger partial charge < -0.3 is 4.74 Å². The minimum Gasteiger partial charge on any atom is -0.465 e. The number of sulfonamides is 1. The number of carbonyl (C=O) groups excluding carboxylic acids is 1. The second-order valence-corrected chi connectivity index (χ2v) is 7.63. The van der Waals surface area contributed by atoms with Gasteiger partial charge in [-0.2, -0.15) is 0 Å². The first-order chi connectivity index (χ1) is 11.7. The van der Waals surface area contributed by atoms with Crippen molar-refractivity contribution >= 4 is 16.0 Å². The number of carbonyl (C=O) groups is 1. The zero-order valence-corrected chi connectivity index (χ0v) is 14.9. The molecule has 1 aromatic heterocycles. The van der Waals surface area contributed by atoms with Crippen molar-refractivity contribution in [3.8, 4) is 0 Å². The highest BCUT2D eigenvalue weighted by molar-refractivity contribution is 7.89. The Labute approximate surface area is 146 Å². The van der Waals surface area contributed by atoms with Gasteiger partial charge in [0.1, 0.15) is 5.82 Å². The van der Waals surface area contributed by atoms with Gasteiger partial charge in [-0.3, -0.25) is 4.98 Å². The maximum absolute atomic E-state index is 13.6. The standard InChI is InChI=1S/C17H19FN2O4S/c1-11-4-5-13(8-16(11)18)12(2)25(22,23)20-10-15-7-6-14(9-19-15)17(21)24-3/h4-9,12,20H,10H2,1-3H3. The van der Waals surface area contributed by atoms with Crippen LogP contribution in [0.3, 0.4) is 0 Å². The number of benzene rings is 1. The fourth-order valence-corrected chi connectivity index (χ4v) is 3.21. The van der Waals surface area contributed by atoms with Crippen molar-refractivity contribution in [3.05, 3.63) is 64.7 Å². The summed E-state index contributed by atoms with van der Waals surface area (Å²) in [4.78, 5) is 15.4. The summed E-state index contributed by atoms with van der Waals surface area (Å²) in [5, 5.41) is -0.919. The van der Waals surface area contributed by atoms with Crippen LogP contribution in [0.1, 0.15) is 39.4 Å². The molecule has 2 rings (SSSR count). The average molecular weight is 366 g/mol. The number of halogens is 1. The van der Waals surface area contributed by atoms with E-state index in [0.717, 1.165) is 0 Å². The van der Waals surface area contributed by atoms with Gasteiger partial charge in [0.25, 0.3) is 0 Å². The van der Waals surface area contributed by atoms with E-state index in [1.807, 2.05) is 0 Å². The molecule has 0 aliphatic heterocycles. The van der Waals surface area contributed by atoms with Crippen molar-refractivity contribution in [3.63, 3.8) is 0 Å². The lowest BCUT2D eigenvalue weighted by Gasteiger charge is -2.15. The van der Waals surface area contributed by atoms with Crippen molar-refractivity contribution in [2.24, 2.45) is 0 Å². The molecule has 1 N–H and O–H groups in total. The number of methoxy groups -OCH3 is 1. The van der Waals surface area contributed by atoms with Gasteiger partial charge in [0.15, 0.2) is 0 Å². The molecule has 0 radical (unpaired) electrons. The summed E-state index contributed by atoms with van der Waals surface area (Å²) in [6, 6.07) is 7.39. The number of hydrogen-bond acceptors (Lipinski definition) is 5. The Balaban J connectivity index is 2.07. The van der Waals surface area contributed by atoms with E-state index >= 15 is 0 Å². The lowest BCUT2D eigenvalue weighted by molar-refractivity contribution is 0.0600. The van der Waals surface area contributed by atoms with E-state index in [4.69, 9.17) is 0 Å². The Morgan fingerprint density at radius 2 is 2.04 bits per heavy atom. The summed E-state index contributed by atoms with van der Waals surface area (Å²) in [5.74, 6) is -0.964. The van der Waals surface area contributed by atoms with Gasteiger partial charge in [-0.05, 0) is 43.2 Å². The molecule has 2 aromatic rings. The van der Waals surface area contributed by atoms with E-state index in [0.29, 0.717) is 16.8 Å². The van der Waals surface area contributed by atoms with Crippen molar-refractivity contribution in [1.29, 1.82) is 0 Å². The first-order valence-corrected chi connectivity index (χ1v) is 9.07. The Hall–Kier alpha value is -2.32. The molecular weight excluding hydrogens is 347 g/mol. The maximum Gasteiger partial charge on any atom is 0.339 e. The number of esters is 1. The highest BCUT2D eigenvalue weighted by Crippen LogP contribution is 2.23. The summed E-state index contributed by atoms with van der Waals surface area (Å²) < 4.78 is 45.4. The average Bonchev–Trinajstić information content (AvgIpc) is 2.61. The molecule has 25 heavy (non-hydrogen) atoms. The van der Waals surface area contributed by atoms with Crippen LogP contribution >= 0.6 is 0 Å². The topological polar surface area (TPSA) is 85.4 Å². The van der Waals surface area contributed by atoms with Crippen molar-refractivity contribution in [2.45, 2.75) is 25.6 Å². The van der Waals surface area contributed by atoms with E-state index in [1.165, 1.54) is 38.4 Å². The van der Waals surface area contributed by atoms with E-state index in [1.54, 1.807) is 19.1 Å². The van der Waals surface area contributed by atoms with Crippen LogP contribution in [0.4, 0.5) is 4.39 Å². The lowest BCUT2D eigenvalue weighted by atomic mass is 10.1. The highest BCUT2D eigenvalue weighted by Gasteiger charge is 2.23. The number of aromatic nitrogens is 1. The van der Waals surface area contributed by atoms with E-state index in [2.05, 4.69) is 14.4 Å². The number of aryl methyl sites for hydroxylation is 1. The van der Waals surface area contributed by atoms with Gasteiger partial charge in [0.2, 0.25) is 10.0 Å². The smallest absolute Gasteiger partial charge is 0.339 e. The van der Waals surface area contributed by atoms with Gasteiger partial charge in [0.05, 0.1) is 30.2 Å². The quantitative estimate of drug-likeness (QED) is 0.794. The number of ether oxygens (including phenoxy) is 1. The lowest BCUT2D eigenvalue weighted by Crippen LogP contribution is -2.28. The van der Waals surface area contributed by atoms with Gasteiger partial charge in [0, 0.05) is 6.20 Å². The maximum atomic E-state index is 13.6. The first kappa shape index (κ1) is 19.0. The summed E-state index contributed by atoms with van der Waals surface area (Å²) >= 11 is 0. The molecule has 0 amide bonds. The van der Waals surface area contributed by atoms with Crippen LogP contribution in [-0.2, 0) is 21.3 Å². The zero-order valence-electron chi connectivity index (χ0n) is 14.1. The Kier molecular flexibility index (Phi) is 5.86. The molecule has 8 heteroatoms. The van der Waals surface area contributed by atoms with Crippen LogP contribution in [0, 0.1) is 12.7 Å². The van der Waals surface area contributed by atoms with Crippen LogP contribution in [0.25, 0.3) is 0 Å². The number of pyridine rings is 1. The minimum atomic E-state index is -3.72. The predicted molar refractivity (Wildman–Crippen MR) is 90.9 cm³/mol. The third-order valence-electron chi connectivity index (χ3n) is 3.83. The van der Waals surface area contributed by atoms with Crippen LogP contribution in [0.15, 0.2) is 36.5 Å². The largest absolute Gasteiger partial charge is 0.465 e. The van der Waals surface area contributed by atoms with Crippen molar-refractivity contribution in [1.82, 2.24) is 9.71 Å². The zero-order chi connectivity index (χ0) is 18.6. The van der Waals surface area contributed by atoms with Gasteiger partial charge >= 0.3 is 5.97 Å². The van der Waals surface area contributed by atoms with Gasteiger partial charge in [-0.1, -0.05) is 12.1 Å². The Morgan fingerprint density at radius 1 is 1.32 bits per heavy atom. The number of nitrogens with one attached hydrogen (secondary N) is 1. The van der Waals surface area contributed by atoms with Crippen molar-refractivity contribution < 1.29 is 22.3 Å². The van der Waals surface area contributed by atoms with E-state index in [-0.39, 0.29) is 12.1 Å². The van der Waals surface area contributed by atoms with Crippen LogP contribution in [-0.4, -0.2) is 26.5 Å². The third-order valence-corrected chi connectivity index (χ3v) is 5.58. The Bertz CT molecular complexity index is 867. The molecule has 0 fully saturated rings. The second-order valence-electron chi connectivity index (χ2n) is 5.55. The van der Waals surface area contributed by atoms with Gasteiger partial charge in [-0.25, -0.2) is 22.3 Å². The molecular formula is C17H19FN2O4S. The molecule has 0 saturated carbocycles. The van der Waals surface area contributed by atoms with Crippen molar-refractivity contribution in [2.75, 3.05) is 7.11 Å². The van der Waals surface area contributed by atoms with Crippen LogP contribution in [0.2, 0.25) is 0 Å². The molecule has 6 nitrogen and oxygen atoms in total. The monoisotopic (exact) mass is 366 g/mol. The SMILES string of the molecule is COC(=O)c1ccc(CNS(=O)(=O)C(C)c2ccc(C)c(F)c2)nc1. The minimum absolute atomic E-state index is 0.0392. The molecule has 134 valence electrons. The Morgan fingerprint density at radius 3 is 2.60 bits per heavy atom. The second kappa shape index (κ2) is 7.71. The fraction of sp³-hybridized carbons (Fsp3) is 0.294. The van der Waals surface area contributed by atoms with Gasteiger partial charge in [-0.15, -0.1) is 0 Å².